The number of rotatable bonds is 4. The molecule has 0 aliphatic heterocycles. The first-order valence-corrected chi connectivity index (χ1v) is 5.39. The molecule has 0 saturated carbocycles. The monoisotopic (exact) mass is 265 g/mol. The van der Waals surface area contributed by atoms with Crippen molar-refractivity contribution in [1.82, 2.24) is 9.78 Å². The van der Waals surface area contributed by atoms with Crippen LogP contribution in [0.5, 0.6) is 5.88 Å². The number of carboxylic acids is 1. The van der Waals surface area contributed by atoms with Crippen molar-refractivity contribution in [3.05, 3.63) is 35.6 Å². The summed E-state index contributed by atoms with van der Waals surface area (Å²) in [5, 5.41) is 15.9. The zero-order valence-electron chi connectivity index (χ0n) is 10.3. The number of halogens is 1. The summed E-state index contributed by atoms with van der Waals surface area (Å²) in [4.78, 5) is 11.0. The number of aromatic nitrogens is 2. The highest BCUT2D eigenvalue weighted by atomic mass is 19.1. The van der Waals surface area contributed by atoms with Crippen molar-refractivity contribution in [2.45, 2.75) is 0 Å². The van der Waals surface area contributed by atoms with E-state index in [0.717, 1.165) is 6.07 Å². The molecular formula is C12H12FN3O3. The molecule has 0 radical (unpaired) electrons. The van der Waals surface area contributed by atoms with Gasteiger partial charge < -0.3 is 15.2 Å². The van der Waals surface area contributed by atoms with Gasteiger partial charge in [0, 0.05) is 13.1 Å². The van der Waals surface area contributed by atoms with Crippen molar-refractivity contribution in [3.63, 3.8) is 0 Å². The Bertz CT molecular complexity index is 625. The molecule has 2 N–H and O–H groups in total. The van der Waals surface area contributed by atoms with Crippen molar-refractivity contribution >= 4 is 17.5 Å². The third kappa shape index (κ3) is 2.65. The Balaban J connectivity index is 2.34. The summed E-state index contributed by atoms with van der Waals surface area (Å²) in [6, 6.07) is 5.08. The van der Waals surface area contributed by atoms with Crippen molar-refractivity contribution < 1.29 is 19.0 Å². The molecule has 0 spiro atoms. The average molecular weight is 265 g/mol. The number of methoxy groups -OCH3 is 1. The van der Waals surface area contributed by atoms with Crippen LogP contribution in [-0.4, -0.2) is 28.0 Å². The summed E-state index contributed by atoms with van der Waals surface area (Å²) in [5.41, 5.74) is 0.0965. The molecule has 0 aliphatic carbocycles. The molecule has 0 saturated heterocycles. The van der Waals surface area contributed by atoms with Gasteiger partial charge in [-0.05, 0) is 18.2 Å². The number of aryl methyl sites for hydroxylation is 1. The Morgan fingerprint density at radius 1 is 1.47 bits per heavy atom. The lowest BCUT2D eigenvalue weighted by molar-refractivity contribution is 0.0697. The molecule has 1 aromatic heterocycles. The molecule has 0 amide bonds. The minimum Gasteiger partial charge on any atom is -0.481 e. The maximum absolute atomic E-state index is 13.0. The van der Waals surface area contributed by atoms with Crippen LogP contribution in [0.25, 0.3) is 0 Å². The minimum atomic E-state index is -1.22. The zero-order valence-corrected chi connectivity index (χ0v) is 10.3. The van der Waals surface area contributed by atoms with Crippen molar-refractivity contribution in [3.8, 4) is 5.88 Å². The normalized spacial score (nSPS) is 10.3. The van der Waals surface area contributed by atoms with Crippen LogP contribution < -0.4 is 10.1 Å². The first-order chi connectivity index (χ1) is 9.01. The first-order valence-electron chi connectivity index (χ1n) is 5.39. The fourth-order valence-corrected chi connectivity index (χ4v) is 1.64. The van der Waals surface area contributed by atoms with Gasteiger partial charge >= 0.3 is 5.97 Å². The van der Waals surface area contributed by atoms with Crippen LogP contribution in [0, 0.1) is 5.82 Å². The number of ether oxygens (including phenoxy) is 1. The third-order valence-corrected chi connectivity index (χ3v) is 2.52. The van der Waals surface area contributed by atoms with Gasteiger partial charge in [-0.2, -0.15) is 5.10 Å². The lowest BCUT2D eigenvalue weighted by Crippen LogP contribution is -2.04. The number of benzene rings is 1. The smallest absolute Gasteiger partial charge is 0.337 e. The van der Waals surface area contributed by atoms with Crippen molar-refractivity contribution in [2.75, 3.05) is 12.4 Å². The van der Waals surface area contributed by atoms with E-state index in [4.69, 9.17) is 9.84 Å². The number of aromatic carboxylic acids is 1. The van der Waals surface area contributed by atoms with Crippen molar-refractivity contribution in [1.29, 1.82) is 0 Å². The summed E-state index contributed by atoms with van der Waals surface area (Å²) in [6.45, 7) is 0. The fraction of sp³-hybridized carbons (Fsp3) is 0.167. The maximum atomic E-state index is 13.0. The Morgan fingerprint density at radius 2 is 2.21 bits per heavy atom. The molecule has 2 aromatic rings. The van der Waals surface area contributed by atoms with E-state index >= 15 is 0 Å². The minimum absolute atomic E-state index is 0.162. The zero-order chi connectivity index (χ0) is 14.0. The third-order valence-electron chi connectivity index (χ3n) is 2.52. The van der Waals surface area contributed by atoms with Gasteiger partial charge in [-0.3, -0.25) is 0 Å². The van der Waals surface area contributed by atoms with E-state index in [1.807, 2.05) is 0 Å². The van der Waals surface area contributed by atoms with Gasteiger partial charge in [-0.25, -0.2) is 13.9 Å². The number of anilines is 2. The number of carboxylic acid groups (broad SMARTS) is 1. The van der Waals surface area contributed by atoms with Crippen LogP contribution >= 0.6 is 0 Å². The van der Waals surface area contributed by atoms with Gasteiger partial charge in [0.2, 0.25) is 5.88 Å². The lowest BCUT2D eigenvalue weighted by atomic mass is 10.1. The molecule has 0 atom stereocenters. The van der Waals surface area contributed by atoms with Crippen LogP contribution in [-0.2, 0) is 7.05 Å². The topological polar surface area (TPSA) is 76.4 Å². The fourth-order valence-electron chi connectivity index (χ4n) is 1.64. The largest absolute Gasteiger partial charge is 0.481 e. The summed E-state index contributed by atoms with van der Waals surface area (Å²) in [6.07, 6.45) is 0. The highest BCUT2D eigenvalue weighted by Crippen LogP contribution is 2.23. The molecule has 7 heteroatoms. The number of hydrogen-bond donors (Lipinski definition) is 2. The van der Waals surface area contributed by atoms with Crippen LogP contribution in [0.1, 0.15) is 10.4 Å². The Hall–Kier alpha value is -2.57. The number of nitrogens with zero attached hydrogens (tertiary/aromatic N) is 2. The predicted molar refractivity (Wildman–Crippen MR) is 66.4 cm³/mol. The van der Waals surface area contributed by atoms with Crippen LogP contribution in [0.2, 0.25) is 0 Å². The molecule has 6 nitrogen and oxygen atoms in total. The SMILES string of the molecule is COc1cc(Nc2ccc(F)cc2C(=O)O)nn1C. The van der Waals surface area contributed by atoms with E-state index in [1.54, 1.807) is 13.1 Å². The predicted octanol–water partition coefficient (Wildman–Crippen LogP) is 2.01. The van der Waals surface area contributed by atoms with Crippen LogP contribution in [0.15, 0.2) is 24.3 Å². The van der Waals surface area contributed by atoms with Crippen LogP contribution in [0.3, 0.4) is 0 Å². The molecule has 0 unspecified atom stereocenters. The lowest BCUT2D eigenvalue weighted by Gasteiger charge is -2.06. The van der Waals surface area contributed by atoms with Crippen molar-refractivity contribution in [2.24, 2.45) is 7.05 Å². The standard InChI is InChI=1S/C12H12FN3O3/c1-16-11(19-2)6-10(15-16)14-9-4-3-7(13)5-8(9)12(17)18/h3-6H,1-2H3,(H,14,15)(H,17,18). The molecular weight excluding hydrogens is 253 g/mol. The van der Waals surface area contributed by atoms with E-state index in [1.165, 1.54) is 23.9 Å². The van der Waals surface area contributed by atoms with Gasteiger partial charge in [0.1, 0.15) is 5.82 Å². The number of nitrogens with one attached hydrogen (secondary N) is 1. The Morgan fingerprint density at radius 3 is 2.79 bits per heavy atom. The van der Waals surface area contributed by atoms with E-state index in [0.29, 0.717) is 11.7 Å². The van der Waals surface area contributed by atoms with Gasteiger partial charge in [0.15, 0.2) is 5.82 Å². The molecule has 100 valence electrons. The van der Waals surface area contributed by atoms with E-state index in [-0.39, 0.29) is 11.3 Å². The maximum Gasteiger partial charge on any atom is 0.337 e. The Kier molecular flexibility index (Phi) is 3.37. The molecule has 0 fully saturated rings. The van der Waals surface area contributed by atoms with Gasteiger partial charge in [0.25, 0.3) is 0 Å². The van der Waals surface area contributed by atoms with E-state index in [2.05, 4.69) is 10.4 Å². The summed E-state index contributed by atoms with van der Waals surface area (Å²) in [5.74, 6) is -0.901. The summed E-state index contributed by atoms with van der Waals surface area (Å²) < 4.78 is 19.6. The summed E-state index contributed by atoms with van der Waals surface area (Å²) >= 11 is 0. The van der Waals surface area contributed by atoms with E-state index in [9.17, 15) is 9.18 Å². The van der Waals surface area contributed by atoms with E-state index < -0.39 is 11.8 Å². The average Bonchev–Trinajstić information content (AvgIpc) is 2.71. The second-order valence-electron chi connectivity index (χ2n) is 3.82. The number of carbonyl (C=O) groups is 1. The van der Waals surface area contributed by atoms with Gasteiger partial charge in [0.05, 0.1) is 18.4 Å². The molecule has 1 aromatic carbocycles. The molecule has 19 heavy (non-hydrogen) atoms. The first kappa shape index (κ1) is 12.9. The van der Waals surface area contributed by atoms with Crippen LogP contribution in [0.4, 0.5) is 15.9 Å². The molecule has 2 rings (SSSR count). The Labute approximate surface area is 108 Å². The quantitative estimate of drug-likeness (QED) is 0.884. The second-order valence-corrected chi connectivity index (χ2v) is 3.82. The molecule has 0 bridgehead atoms. The highest BCUT2D eigenvalue weighted by molar-refractivity contribution is 5.95. The number of hydrogen-bond acceptors (Lipinski definition) is 4. The highest BCUT2D eigenvalue weighted by Gasteiger charge is 2.13. The second kappa shape index (κ2) is 4.97. The van der Waals surface area contributed by atoms with Gasteiger partial charge in [-0.1, -0.05) is 0 Å². The summed E-state index contributed by atoms with van der Waals surface area (Å²) in [7, 11) is 3.19. The van der Waals surface area contributed by atoms with Gasteiger partial charge in [-0.15, -0.1) is 0 Å². The molecule has 1 heterocycles. The molecule has 0 aliphatic rings.